The molecule has 22 heavy (non-hydrogen) atoms. The number of ether oxygens (including phenoxy) is 1. The third-order valence-electron chi connectivity index (χ3n) is 3.87. The van der Waals surface area contributed by atoms with Crippen LogP contribution in [0, 0.1) is 6.92 Å². The Balaban J connectivity index is 0.00000242. The molecule has 2 unspecified atom stereocenters. The van der Waals surface area contributed by atoms with Crippen LogP contribution in [0.25, 0.3) is 0 Å². The van der Waals surface area contributed by atoms with Gasteiger partial charge in [-0.05, 0) is 49.9 Å². The average molecular weight is 327 g/mol. The summed E-state index contributed by atoms with van der Waals surface area (Å²) in [5, 5.41) is 6.28. The van der Waals surface area contributed by atoms with E-state index in [0.29, 0.717) is 5.92 Å². The Kier molecular flexibility index (Phi) is 7.17. The monoisotopic (exact) mass is 326 g/mol. The van der Waals surface area contributed by atoms with Crippen molar-refractivity contribution in [3.63, 3.8) is 0 Å². The van der Waals surface area contributed by atoms with E-state index >= 15 is 0 Å². The molecule has 2 N–H and O–H groups in total. The number of halogens is 1. The fourth-order valence-electron chi connectivity index (χ4n) is 2.56. The molecule has 4 nitrogen and oxygen atoms in total. The molecule has 1 aromatic rings. The number of rotatable bonds is 5. The summed E-state index contributed by atoms with van der Waals surface area (Å²) < 4.78 is 5.93. The molecule has 1 aliphatic heterocycles. The van der Waals surface area contributed by atoms with Gasteiger partial charge in [0.05, 0.1) is 0 Å². The molecule has 0 radical (unpaired) electrons. The maximum Gasteiger partial charge on any atom is 0.261 e. The van der Waals surface area contributed by atoms with Gasteiger partial charge in [0.2, 0.25) is 0 Å². The Morgan fingerprint density at radius 2 is 2.09 bits per heavy atom. The van der Waals surface area contributed by atoms with Crippen LogP contribution in [0.2, 0.25) is 0 Å². The molecule has 0 aliphatic carbocycles. The van der Waals surface area contributed by atoms with Crippen molar-refractivity contribution in [2.45, 2.75) is 52.2 Å². The summed E-state index contributed by atoms with van der Waals surface area (Å²) >= 11 is 0. The average Bonchev–Trinajstić information content (AvgIpc) is 2.91. The van der Waals surface area contributed by atoms with Gasteiger partial charge in [-0.3, -0.25) is 4.79 Å². The third kappa shape index (κ3) is 4.89. The number of hydrogen-bond acceptors (Lipinski definition) is 3. The van der Waals surface area contributed by atoms with Gasteiger partial charge in [0.15, 0.2) is 6.10 Å². The van der Waals surface area contributed by atoms with Gasteiger partial charge in [-0.25, -0.2) is 0 Å². The summed E-state index contributed by atoms with van der Waals surface area (Å²) in [7, 11) is 0. The van der Waals surface area contributed by atoms with Crippen molar-refractivity contribution in [1.29, 1.82) is 0 Å². The van der Waals surface area contributed by atoms with Crippen LogP contribution < -0.4 is 15.4 Å². The van der Waals surface area contributed by atoms with E-state index in [4.69, 9.17) is 4.74 Å². The van der Waals surface area contributed by atoms with E-state index in [2.05, 4.69) is 36.6 Å². The first-order valence-corrected chi connectivity index (χ1v) is 7.75. The van der Waals surface area contributed by atoms with Crippen LogP contribution in [-0.2, 0) is 4.79 Å². The minimum atomic E-state index is -0.482. The maximum absolute atomic E-state index is 12.2. The summed E-state index contributed by atoms with van der Waals surface area (Å²) in [6, 6.07) is 6.40. The molecule has 1 heterocycles. The highest BCUT2D eigenvalue weighted by Gasteiger charge is 2.22. The topological polar surface area (TPSA) is 50.4 Å². The van der Waals surface area contributed by atoms with E-state index in [-0.39, 0.29) is 24.4 Å². The predicted octanol–water partition coefficient (Wildman–Crippen LogP) is 2.79. The molecular weight excluding hydrogens is 300 g/mol. The van der Waals surface area contributed by atoms with E-state index in [9.17, 15) is 4.79 Å². The lowest BCUT2D eigenvalue weighted by molar-refractivity contribution is -0.127. The summed E-state index contributed by atoms with van der Waals surface area (Å²) in [6.07, 6.45) is 0.505. The van der Waals surface area contributed by atoms with Gasteiger partial charge in [0, 0.05) is 12.6 Å². The number of carbonyl (C=O) groups is 1. The fourth-order valence-corrected chi connectivity index (χ4v) is 2.56. The number of hydrogen-bond donors (Lipinski definition) is 2. The molecule has 0 spiro atoms. The van der Waals surface area contributed by atoms with Gasteiger partial charge in [0.25, 0.3) is 5.91 Å². The second kappa shape index (κ2) is 8.39. The number of amides is 1. The van der Waals surface area contributed by atoms with E-state index in [1.54, 1.807) is 0 Å². The van der Waals surface area contributed by atoms with Crippen molar-refractivity contribution in [2.75, 3.05) is 13.1 Å². The van der Waals surface area contributed by atoms with Crippen LogP contribution >= 0.6 is 12.4 Å². The number of nitrogens with one attached hydrogen (secondary N) is 2. The molecule has 0 aromatic heterocycles. The lowest BCUT2D eigenvalue weighted by Gasteiger charge is -2.21. The standard InChI is InChI=1S/C17H26N2O2.ClH/c1-11(2)15-6-5-12(3)9-16(15)21-13(4)17(20)19-14-7-8-18-10-14;/h5-6,9,11,13-14,18H,7-8,10H2,1-4H3,(H,19,20);1H. The Hall–Kier alpha value is -1.26. The minimum Gasteiger partial charge on any atom is -0.481 e. The summed E-state index contributed by atoms with van der Waals surface area (Å²) in [6.45, 7) is 9.92. The molecule has 124 valence electrons. The van der Waals surface area contributed by atoms with Gasteiger partial charge < -0.3 is 15.4 Å². The van der Waals surface area contributed by atoms with Crippen molar-refractivity contribution >= 4 is 18.3 Å². The Morgan fingerprint density at radius 3 is 2.68 bits per heavy atom. The zero-order valence-corrected chi connectivity index (χ0v) is 14.6. The largest absolute Gasteiger partial charge is 0.481 e. The van der Waals surface area contributed by atoms with Crippen molar-refractivity contribution in [1.82, 2.24) is 10.6 Å². The molecular formula is C17H27ClN2O2. The van der Waals surface area contributed by atoms with Crippen molar-refractivity contribution < 1.29 is 9.53 Å². The molecule has 2 rings (SSSR count). The van der Waals surface area contributed by atoms with Crippen LogP contribution in [-0.4, -0.2) is 31.1 Å². The van der Waals surface area contributed by atoms with Crippen LogP contribution in [0.1, 0.15) is 44.2 Å². The molecule has 1 saturated heterocycles. The van der Waals surface area contributed by atoms with Gasteiger partial charge in [-0.2, -0.15) is 0 Å². The number of carbonyl (C=O) groups excluding carboxylic acids is 1. The minimum absolute atomic E-state index is 0. The van der Waals surface area contributed by atoms with Gasteiger partial charge in [-0.1, -0.05) is 26.0 Å². The zero-order valence-electron chi connectivity index (χ0n) is 13.8. The molecule has 5 heteroatoms. The zero-order chi connectivity index (χ0) is 15.4. The van der Waals surface area contributed by atoms with E-state index in [1.807, 2.05) is 19.9 Å². The second-order valence-electron chi connectivity index (χ2n) is 6.15. The summed E-state index contributed by atoms with van der Waals surface area (Å²) in [5.41, 5.74) is 2.28. The van der Waals surface area contributed by atoms with Crippen molar-refractivity contribution in [3.8, 4) is 5.75 Å². The molecule has 0 bridgehead atoms. The Morgan fingerprint density at radius 1 is 1.36 bits per heavy atom. The Bertz CT molecular complexity index is 499. The number of aryl methyl sites for hydroxylation is 1. The first-order chi connectivity index (χ1) is 9.97. The first-order valence-electron chi connectivity index (χ1n) is 7.75. The van der Waals surface area contributed by atoms with Crippen molar-refractivity contribution in [3.05, 3.63) is 29.3 Å². The molecule has 1 amide bonds. The van der Waals surface area contributed by atoms with Gasteiger partial charge in [-0.15, -0.1) is 12.4 Å². The molecule has 1 aromatic carbocycles. The second-order valence-corrected chi connectivity index (χ2v) is 6.15. The molecule has 0 saturated carbocycles. The summed E-state index contributed by atoms with van der Waals surface area (Å²) in [4.78, 5) is 12.2. The van der Waals surface area contributed by atoms with E-state index in [0.717, 1.165) is 36.4 Å². The normalized spacial score (nSPS) is 18.7. The third-order valence-corrected chi connectivity index (χ3v) is 3.87. The molecule has 1 aliphatic rings. The molecule has 2 atom stereocenters. The lowest BCUT2D eigenvalue weighted by Crippen LogP contribution is -2.43. The quantitative estimate of drug-likeness (QED) is 0.874. The Labute approximate surface area is 139 Å². The van der Waals surface area contributed by atoms with E-state index < -0.39 is 6.10 Å². The summed E-state index contributed by atoms with van der Waals surface area (Å²) in [5.74, 6) is 1.15. The number of benzene rings is 1. The van der Waals surface area contributed by atoms with Crippen molar-refractivity contribution in [2.24, 2.45) is 0 Å². The first kappa shape index (κ1) is 18.8. The highest BCUT2D eigenvalue weighted by atomic mass is 35.5. The van der Waals surface area contributed by atoms with Crippen LogP contribution in [0.5, 0.6) is 5.75 Å². The fraction of sp³-hybridized carbons (Fsp3) is 0.588. The predicted molar refractivity (Wildman–Crippen MR) is 92.0 cm³/mol. The smallest absolute Gasteiger partial charge is 0.261 e. The van der Waals surface area contributed by atoms with E-state index in [1.165, 1.54) is 0 Å². The molecule has 1 fully saturated rings. The van der Waals surface area contributed by atoms with Gasteiger partial charge >= 0.3 is 0 Å². The van der Waals surface area contributed by atoms with Gasteiger partial charge in [0.1, 0.15) is 5.75 Å². The van der Waals surface area contributed by atoms with Crippen LogP contribution in [0.3, 0.4) is 0 Å². The highest BCUT2D eigenvalue weighted by Crippen LogP contribution is 2.28. The lowest BCUT2D eigenvalue weighted by atomic mass is 10.0. The maximum atomic E-state index is 12.2. The SMILES string of the molecule is Cc1ccc(C(C)C)c(OC(C)C(=O)NC2CCNC2)c1.Cl. The van der Waals surface area contributed by atoms with Crippen LogP contribution in [0.4, 0.5) is 0 Å². The van der Waals surface area contributed by atoms with Crippen LogP contribution in [0.15, 0.2) is 18.2 Å². The highest BCUT2D eigenvalue weighted by molar-refractivity contribution is 5.85.